The highest BCUT2D eigenvalue weighted by atomic mass is 32.1. The van der Waals surface area contributed by atoms with Crippen LogP contribution in [0.15, 0.2) is 46.8 Å². The molecule has 1 aliphatic heterocycles. The van der Waals surface area contributed by atoms with E-state index in [9.17, 15) is 14.4 Å². The van der Waals surface area contributed by atoms with Crippen molar-refractivity contribution >= 4 is 39.1 Å². The van der Waals surface area contributed by atoms with E-state index in [1.807, 2.05) is 29.6 Å². The minimum atomic E-state index is -0.882. The molecule has 4 rings (SSSR count). The van der Waals surface area contributed by atoms with Gasteiger partial charge in [-0.3, -0.25) is 19.0 Å². The van der Waals surface area contributed by atoms with Crippen molar-refractivity contribution in [1.29, 1.82) is 0 Å². The molecule has 0 radical (unpaired) electrons. The highest BCUT2D eigenvalue weighted by molar-refractivity contribution is 7.16. The van der Waals surface area contributed by atoms with Crippen LogP contribution in [0.3, 0.4) is 0 Å². The van der Waals surface area contributed by atoms with Crippen LogP contribution in [0.4, 0.5) is 5.69 Å². The van der Waals surface area contributed by atoms with Crippen LogP contribution < -0.4 is 10.5 Å². The van der Waals surface area contributed by atoms with Crippen molar-refractivity contribution < 1.29 is 14.3 Å². The molecule has 0 saturated carbocycles. The van der Waals surface area contributed by atoms with Crippen molar-refractivity contribution in [3.8, 4) is 0 Å². The lowest BCUT2D eigenvalue weighted by Crippen LogP contribution is -2.39. The molecule has 0 saturated heterocycles. The van der Waals surface area contributed by atoms with Crippen molar-refractivity contribution in [3.63, 3.8) is 0 Å². The molecular weight excluding hydrogens is 378 g/mol. The maximum absolute atomic E-state index is 12.7. The standard InChI is InChI=1S/C20H19N3O4S/c1-13(19(25)23-10-6-14-4-2-3-5-16(14)23)27-17(24)7-9-22-12-21-18-15(20(22)26)8-11-28-18/h2-5,8,11-13H,6-7,9-10H2,1H3. The van der Waals surface area contributed by atoms with Crippen LogP contribution in [0.1, 0.15) is 18.9 Å². The van der Waals surface area contributed by atoms with E-state index in [-0.39, 0.29) is 24.4 Å². The summed E-state index contributed by atoms with van der Waals surface area (Å²) in [5.74, 6) is -0.762. The van der Waals surface area contributed by atoms with Crippen molar-refractivity contribution in [2.75, 3.05) is 11.4 Å². The number of ether oxygens (including phenoxy) is 1. The lowest BCUT2D eigenvalue weighted by atomic mass is 10.2. The number of thiophene rings is 1. The molecule has 0 aliphatic carbocycles. The third kappa shape index (κ3) is 3.43. The molecule has 8 heteroatoms. The SMILES string of the molecule is CC(OC(=O)CCn1cnc2sccc2c1=O)C(=O)N1CCc2ccccc21. The molecule has 1 atom stereocenters. The monoisotopic (exact) mass is 397 g/mol. The lowest BCUT2D eigenvalue weighted by molar-refractivity contribution is -0.154. The first-order chi connectivity index (χ1) is 13.5. The van der Waals surface area contributed by atoms with E-state index < -0.39 is 12.1 Å². The van der Waals surface area contributed by atoms with Crippen LogP contribution in [0.25, 0.3) is 10.2 Å². The van der Waals surface area contributed by atoms with Crippen molar-refractivity contribution in [1.82, 2.24) is 9.55 Å². The van der Waals surface area contributed by atoms with Crippen molar-refractivity contribution in [2.45, 2.75) is 32.4 Å². The smallest absolute Gasteiger partial charge is 0.308 e. The number of esters is 1. The highest BCUT2D eigenvalue weighted by Crippen LogP contribution is 2.28. The number of aromatic nitrogens is 2. The number of para-hydroxylation sites is 1. The van der Waals surface area contributed by atoms with E-state index >= 15 is 0 Å². The van der Waals surface area contributed by atoms with Gasteiger partial charge in [-0.05, 0) is 36.4 Å². The van der Waals surface area contributed by atoms with Gasteiger partial charge in [0.25, 0.3) is 11.5 Å². The Labute approximate surface area is 165 Å². The molecule has 1 aromatic carbocycles. The van der Waals surface area contributed by atoms with Gasteiger partial charge in [0.15, 0.2) is 6.10 Å². The van der Waals surface area contributed by atoms with Crippen molar-refractivity contribution in [3.05, 3.63) is 58.0 Å². The Morgan fingerprint density at radius 1 is 1.29 bits per heavy atom. The Morgan fingerprint density at radius 2 is 2.11 bits per heavy atom. The summed E-state index contributed by atoms with van der Waals surface area (Å²) in [6.45, 7) is 2.32. The van der Waals surface area contributed by atoms with Gasteiger partial charge in [-0.15, -0.1) is 11.3 Å². The first-order valence-corrected chi connectivity index (χ1v) is 9.94. The molecule has 144 valence electrons. The number of benzene rings is 1. The van der Waals surface area contributed by atoms with Crippen LogP contribution in [0.5, 0.6) is 0 Å². The van der Waals surface area contributed by atoms with Gasteiger partial charge in [-0.25, -0.2) is 4.98 Å². The Bertz CT molecular complexity index is 1100. The summed E-state index contributed by atoms with van der Waals surface area (Å²) in [5, 5.41) is 2.35. The number of hydrogen-bond donors (Lipinski definition) is 0. The fraction of sp³-hybridized carbons (Fsp3) is 0.300. The predicted octanol–water partition coefficient (Wildman–Crippen LogP) is 2.37. The predicted molar refractivity (Wildman–Crippen MR) is 107 cm³/mol. The Kier molecular flexibility index (Phi) is 4.95. The fourth-order valence-electron chi connectivity index (χ4n) is 3.36. The Morgan fingerprint density at radius 3 is 2.96 bits per heavy atom. The second-order valence-electron chi connectivity index (χ2n) is 6.63. The molecule has 0 bridgehead atoms. The van der Waals surface area contributed by atoms with Crippen LogP contribution in [0, 0.1) is 0 Å². The normalized spacial score (nSPS) is 14.1. The zero-order chi connectivity index (χ0) is 19.7. The third-order valence-corrected chi connectivity index (χ3v) is 5.64. The van der Waals surface area contributed by atoms with Gasteiger partial charge in [-0.1, -0.05) is 18.2 Å². The van der Waals surface area contributed by atoms with Gasteiger partial charge in [0, 0.05) is 18.8 Å². The number of carbonyl (C=O) groups is 2. The zero-order valence-corrected chi connectivity index (χ0v) is 16.1. The average Bonchev–Trinajstić information content (AvgIpc) is 3.34. The van der Waals surface area contributed by atoms with Gasteiger partial charge in [0.05, 0.1) is 18.1 Å². The maximum atomic E-state index is 12.7. The molecule has 1 unspecified atom stereocenters. The molecule has 0 spiro atoms. The summed E-state index contributed by atoms with van der Waals surface area (Å²) in [6.07, 6.45) is 1.34. The number of anilines is 1. The van der Waals surface area contributed by atoms with Gasteiger partial charge in [0.2, 0.25) is 0 Å². The molecule has 2 aromatic heterocycles. The maximum Gasteiger partial charge on any atom is 0.308 e. The van der Waals surface area contributed by atoms with E-state index in [2.05, 4.69) is 4.98 Å². The third-order valence-electron chi connectivity index (χ3n) is 4.82. The van der Waals surface area contributed by atoms with Crippen LogP contribution in [-0.2, 0) is 27.3 Å². The molecule has 1 amide bonds. The topological polar surface area (TPSA) is 81.5 Å². The number of nitrogens with zero attached hydrogens (tertiary/aromatic N) is 3. The summed E-state index contributed by atoms with van der Waals surface area (Å²) in [6, 6.07) is 9.45. The molecule has 1 aliphatic rings. The van der Waals surface area contributed by atoms with E-state index in [0.29, 0.717) is 16.8 Å². The number of amides is 1. The van der Waals surface area contributed by atoms with Crippen LogP contribution in [0.2, 0.25) is 0 Å². The molecule has 3 aromatic rings. The number of aryl methyl sites for hydroxylation is 1. The fourth-order valence-corrected chi connectivity index (χ4v) is 4.08. The van der Waals surface area contributed by atoms with Crippen LogP contribution in [-0.4, -0.2) is 34.1 Å². The minimum absolute atomic E-state index is 0.00849. The van der Waals surface area contributed by atoms with E-state index in [1.165, 1.54) is 22.2 Å². The number of fused-ring (bicyclic) bond motifs is 2. The lowest BCUT2D eigenvalue weighted by Gasteiger charge is -2.21. The van der Waals surface area contributed by atoms with Gasteiger partial charge in [-0.2, -0.15) is 0 Å². The number of hydrogen-bond acceptors (Lipinski definition) is 6. The summed E-state index contributed by atoms with van der Waals surface area (Å²) in [7, 11) is 0. The largest absolute Gasteiger partial charge is 0.452 e. The first kappa shape index (κ1) is 18.4. The number of carbonyl (C=O) groups excluding carboxylic acids is 2. The Balaban J connectivity index is 1.36. The summed E-state index contributed by atoms with van der Waals surface area (Å²) in [4.78, 5) is 43.7. The first-order valence-electron chi connectivity index (χ1n) is 9.06. The average molecular weight is 397 g/mol. The second kappa shape index (κ2) is 7.55. The Hall–Kier alpha value is -3.00. The summed E-state index contributed by atoms with van der Waals surface area (Å²) >= 11 is 1.40. The summed E-state index contributed by atoms with van der Waals surface area (Å²) < 4.78 is 6.70. The van der Waals surface area contributed by atoms with Crippen LogP contribution >= 0.6 is 11.3 Å². The van der Waals surface area contributed by atoms with Gasteiger partial charge >= 0.3 is 5.97 Å². The number of rotatable bonds is 5. The van der Waals surface area contributed by atoms with E-state index in [1.54, 1.807) is 17.9 Å². The molecule has 7 nitrogen and oxygen atoms in total. The van der Waals surface area contributed by atoms with Crippen molar-refractivity contribution in [2.24, 2.45) is 0 Å². The second-order valence-corrected chi connectivity index (χ2v) is 7.53. The molecular formula is C20H19N3O4S. The minimum Gasteiger partial charge on any atom is -0.452 e. The van der Waals surface area contributed by atoms with Gasteiger partial charge in [0.1, 0.15) is 4.83 Å². The zero-order valence-electron chi connectivity index (χ0n) is 15.3. The quantitative estimate of drug-likeness (QED) is 0.618. The molecule has 0 N–H and O–H groups in total. The highest BCUT2D eigenvalue weighted by Gasteiger charge is 2.29. The molecule has 28 heavy (non-hydrogen) atoms. The van der Waals surface area contributed by atoms with E-state index in [4.69, 9.17) is 4.74 Å². The summed E-state index contributed by atoms with van der Waals surface area (Å²) in [5.41, 5.74) is 1.80. The molecule has 0 fully saturated rings. The van der Waals surface area contributed by atoms with Gasteiger partial charge < -0.3 is 9.64 Å². The molecule has 3 heterocycles. The van der Waals surface area contributed by atoms with E-state index in [0.717, 1.165) is 17.7 Å².